The van der Waals surface area contributed by atoms with Crippen molar-refractivity contribution in [3.05, 3.63) is 59.7 Å². The Kier molecular flexibility index (Phi) is 7.06. The van der Waals surface area contributed by atoms with Gasteiger partial charge < -0.3 is 10.2 Å². The number of hydrogen-bond donors (Lipinski definition) is 2. The Morgan fingerprint density at radius 3 is 1.54 bits per heavy atom. The summed E-state index contributed by atoms with van der Waals surface area (Å²) in [6.07, 6.45) is 0. The number of hydrogen-bond acceptors (Lipinski definition) is 1. The third-order valence-electron chi connectivity index (χ3n) is 4.47. The highest BCUT2D eigenvalue weighted by molar-refractivity contribution is 8.93. The van der Waals surface area contributed by atoms with E-state index in [1.54, 1.807) is 0 Å². The summed E-state index contributed by atoms with van der Waals surface area (Å²) in [5.74, 6) is 0.354. The molecule has 0 aliphatic rings. The molecule has 0 radical (unpaired) electrons. The van der Waals surface area contributed by atoms with Crippen LogP contribution in [0, 0.1) is 5.41 Å². The first-order chi connectivity index (χ1) is 11.5. The van der Waals surface area contributed by atoms with E-state index in [0.717, 1.165) is 11.4 Å². The number of nitrogens with zero attached hydrogens (tertiary/aromatic N) is 1. The van der Waals surface area contributed by atoms with Gasteiger partial charge in [0.15, 0.2) is 5.96 Å². The standard InChI is InChI=1S/C22H31N3.BrH/c1-21(2,3)16-8-12-18(13-9-16)24-20(23)25(7)19-14-10-17(11-15-19)22(4,5)6;/h8-15H,1-7H3,(H2,23,24);1H. The fourth-order valence-corrected chi connectivity index (χ4v) is 2.59. The predicted octanol–water partition coefficient (Wildman–Crippen LogP) is 6.34. The summed E-state index contributed by atoms with van der Waals surface area (Å²) in [6.45, 7) is 13.2. The smallest absolute Gasteiger partial charge is 0.199 e. The lowest BCUT2D eigenvalue weighted by molar-refractivity contribution is 0.590. The highest BCUT2D eigenvalue weighted by Crippen LogP contribution is 2.25. The second-order valence-corrected chi connectivity index (χ2v) is 8.66. The fourth-order valence-electron chi connectivity index (χ4n) is 2.59. The Morgan fingerprint density at radius 1 is 0.769 bits per heavy atom. The van der Waals surface area contributed by atoms with E-state index in [9.17, 15) is 0 Å². The van der Waals surface area contributed by atoms with Crippen LogP contribution >= 0.6 is 17.0 Å². The molecule has 0 spiro atoms. The lowest BCUT2D eigenvalue weighted by atomic mass is 9.87. The molecule has 0 aromatic heterocycles. The van der Waals surface area contributed by atoms with Gasteiger partial charge in [-0.2, -0.15) is 0 Å². The Balaban J connectivity index is 0.00000338. The van der Waals surface area contributed by atoms with Crippen LogP contribution in [0.15, 0.2) is 48.5 Å². The average molecular weight is 418 g/mol. The third kappa shape index (κ3) is 5.60. The molecule has 2 aromatic rings. The molecule has 142 valence electrons. The SMILES string of the molecule is Br.CN(C(=N)Nc1ccc(C(C)(C)C)cc1)c1ccc(C(C)(C)C)cc1. The minimum absolute atomic E-state index is 0. The first kappa shape index (κ1) is 22.2. The first-order valence-electron chi connectivity index (χ1n) is 8.79. The van der Waals surface area contributed by atoms with Crippen molar-refractivity contribution in [3.8, 4) is 0 Å². The quantitative estimate of drug-likeness (QED) is 0.441. The monoisotopic (exact) mass is 417 g/mol. The Bertz CT molecular complexity index is 720. The fraction of sp³-hybridized carbons (Fsp3) is 0.409. The zero-order chi connectivity index (χ0) is 18.8. The highest BCUT2D eigenvalue weighted by atomic mass is 79.9. The number of guanidine groups is 1. The van der Waals surface area contributed by atoms with Gasteiger partial charge in [-0.1, -0.05) is 65.8 Å². The molecule has 0 saturated carbocycles. The van der Waals surface area contributed by atoms with E-state index in [2.05, 4.69) is 83.3 Å². The average Bonchev–Trinajstić information content (AvgIpc) is 2.53. The summed E-state index contributed by atoms with van der Waals surface area (Å²) in [5, 5.41) is 11.5. The van der Waals surface area contributed by atoms with E-state index < -0.39 is 0 Å². The van der Waals surface area contributed by atoms with Crippen LogP contribution in [0.1, 0.15) is 52.7 Å². The van der Waals surface area contributed by atoms with E-state index in [1.165, 1.54) is 11.1 Å². The molecule has 0 unspecified atom stereocenters. The number of anilines is 2. The zero-order valence-corrected chi connectivity index (χ0v) is 18.7. The number of halogens is 1. The Morgan fingerprint density at radius 2 is 1.15 bits per heavy atom. The topological polar surface area (TPSA) is 39.1 Å². The van der Waals surface area contributed by atoms with Crippen LogP contribution in [0.5, 0.6) is 0 Å². The van der Waals surface area contributed by atoms with Crippen LogP contribution in [-0.4, -0.2) is 13.0 Å². The van der Waals surface area contributed by atoms with Crippen molar-refractivity contribution < 1.29 is 0 Å². The maximum Gasteiger partial charge on any atom is 0.199 e. The molecule has 0 atom stereocenters. The molecule has 0 saturated heterocycles. The van der Waals surface area contributed by atoms with Crippen molar-refractivity contribution in [1.82, 2.24) is 0 Å². The normalized spacial score (nSPS) is 11.5. The molecule has 2 aromatic carbocycles. The molecule has 0 fully saturated rings. The van der Waals surface area contributed by atoms with Crippen LogP contribution in [0.2, 0.25) is 0 Å². The van der Waals surface area contributed by atoms with Crippen molar-refractivity contribution in [2.75, 3.05) is 17.3 Å². The zero-order valence-electron chi connectivity index (χ0n) is 17.0. The predicted molar refractivity (Wildman–Crippen MR) is 120 cm³/mol. The van der Waals surface area contributed by atoms with Crippen LogP contribution in [0.4, 0.5) is 11.4 Å². The van der Waals surface area contributed by atoms with Gasteiger partial charge in [0.05, 0.1) is 0 Å². The first-order valence-corrected chi connectivity index (χ1v) is 8.79. The molecule has 2 rings (SSSR count). The van der Waals surface area contributed by atoms with E-state index in [-0.39, 0.29) is 27.8 Å². The minimum atomic E-state index is 0. The van der Waals surface area contributed by atoms with E-state index >= 15 is 0 Å². The lowest BCUT2D eigenvalue weighted by Gasteiger charge is -2.24. The molecule has 0 amide bonds. The third-order valence-corrected chi connectivity index (χ3v) is 4.47. The molecular formula is C22H32BrN3. The van der Waals surface area contributed by atoms with Gasteiger partial charge in [0.1, 0.15) is 0 Å². The second kappa shape index (κ2) is 8.26. The summed E-state index contributed by atoms with van der Waals surface area (Å²) in [5.41, 5.74) is 4.78. The minimum Gasteiger partial charge on any atom is -0.326 e. The van der Waals surface area contributed by atoms with E-state index in [1.807, 2.05) is 24.1 Å². The van der Waals surface area contributed by atoms with Crippen molar-refractivity contribution in [2.45, 2.75) is 52.4 Å². The summed E-state index contributed by atoms with van der Waals surface area (Å²) >= 11 is 0. The molecule has 0 aliphatic carbocycles. The Labute approximate surface area is 169 Å². The molecule has 0 bridgehead atoms. The number of benzene rings is 2. The van der Waals surface area contributed by atoms with Crippen LogP contribution in [-0.2, 0) is 10.8 Å². The molecule has 0 heterocycles. The lowest BCUT2D eigenvalue weighted by Crippen LogP contribution is -2.32. The van der Waals surface area contributed by atoms with Gasteiger partial charge in [0.25, 0.3) is 0 Å². The maximum atomic E-state index is 8.34. The van der Waals surface area contributed by atoms with Gasteiger partial charge >= 0.3 is 0 Å². The van der Waals surface area contributed by atoms with Gasteiger partial charge in [-0.15, -0.1) is 17.0 Å². The van der Waals surface area contributed by atoms with E-state index in [0.29, 0.717) is 5.96 Å². The van der Waals surface area contributed by atoms with Crippen molar-refractivity contribution in [1.29, 1.82) is 5.41 Å². The number of nitrogens with one attached hydrogen (secondary N) is 2. The largest absolute Gasteiger partial charge is 0.326 e. The van der Waals surface area contributed by atoms with Gasteiger partial charge in [-0.05, 0) is 46.2 Å². The van der Waals surface area contributed by atoms with Crippen LogP contribution < -0.4 is 10.2 Å². The van der Waals surface area contributed by atoms with Gasteiger partial charge in [-0.3, -0.25) is 5.41 Å². The molecule has 3 nitrogen and oxygen atoms in total. The van der Waals surface area contributed by atoms with Crippen LogP contribution in [0.25, 0.3) is 0 Å². The second-order valence-electron chi connectivity index (χ2n) is 8.66. The summed E-state index contributed by atoms with van der Waals surface area (Å²) in [4.78, 5) is 1.85. The summed E-state index contributed by atoms with van der Waals surface area (Å²) in [7, 11) is 1.91. The van der Waals surface area contributed by atoms with Crippen molar-refractivity contribution in [2.24, 2.45) is 0 Å². The van der Waals surface area contributed by atoms with Crippen molar-refractivity contribution in [3.63, 3.8) is 0 Å². The van der Waals surface area contributed by atoms with Gasteiger partial charge in [-0.25, -0.2) is 0 Å². The molecule has 4 heteroatoms. The van der Waals surface area contributed by atoms with E-state index in [4.69, 9.17) is 5.41 Å². The van der Waals surface area contributed by atoms with Gasteiger partial charge in [0.2, 0.25) is 0 Å². The van der Waals surface area contributed by atoms with Gasteiger partial charge in [0, 0.05) is 18.4 Å². The maximum absolute atomic E-state index is 8.34. The molecule has 26 heavy (non-hydrogen) atoms. The molecular weight excluding hydrogens is 386 g/mol. The molecule has 2 N–H and O–H groups in total. The highest BCUT2D eigenvalue weighted by Gasteiger charge is 2.15. The molecule has 0 aliphatic heterocycles. The van der Waals surface area contributed by atoms with Crippen LogP contribution in [0.3, 0.4) is 0 Å². The number of rotatable bonds is 2. The summed E-state index contributed by atoms with van der Waals surface area (Å²) in [6, 6.07) is 16.7. The van der Waals surface area contributed by atoms with Crippen molar-refractivity contribution >= 4 is 34.3 Å². The Hall–Kier alpha value is -1.81. The summed E-state index contributed by atoms with van der Waals surface area (Å²) < 4.78 is 0.